The van der Waals surface area contributed by atoms with Crippen molar-refractivity contribution in [2.75, 3.05) is 38.2 Å². The van der Waals surface area contributed by atoms with Crippen LogP contribution in [0.1, 0.15) is 18.4 Å². The van der Waals surface area contributed by atoms with Gasteiger partial charge in [-0.3, -0.25) is 9.59 Å². The molecule has 164 valence electrons. The van der Waals surface area contributed by atoms with Gasteiger partial charge < -0.3 is 19.9 Å². The van der Waals surface area contributed by atoms with Gasteiger partial charge in [-0.15, -0.1) is 0 Å². The monoisotopic (exact) mass is 441 g/mol. The Kier molecular flexibility index (Phi) is 6.66. The maximum Gasteiger partial charge on any atom is 0.225 e. The van der Waals surface area contributed by atoms with E-state index in [2.05, 4.69) is 22.3 Å². The lowest BCUT2D eigenvalue weighted by Gasteiger charge is -2.22. The van der Waals surface area contributed by atoms with Crippen LogP contribution in [0.25, 0.3) is 0 Å². The van der Waals surface area contributed by atoms with E-state index in [0.717, 1.165) is 30.8 Å². The summed E-state index contributed by atoms with van der Waals surface area (Å²) in [5.74, 6) is 0.526. The lowest BCUT2D eigenvalue weighted by atomic mass is 10.1. The van der Waals surface area contributed by atoms with Gasteiger partial charge in [-0.1, -0.05) is 41.9 Å². The van der Waals surface area contributed by atoms with E-state index in [1.165, 1.54) is 5.56 Å². The first kappa shape index (κ1) is 21.5. The lowest BCUT2D eigenvalue weighted by molar-refractivity contribution is -0.129. The van der Waals surface area contributed by atoms with Crippen LogP contribution in [0.4, 0.5) is 5.69 Å². The molecule has 2 aromatic carbocycles. The maximum absolute atomic E-state index is 12.8. The molecule has 2 atom stereocenters. The summed E-state index contributed by atoms with van der Waals surface area (Å²) in [6, 6.07) is 15.7. The molecule has 6 nitrogen and oxygen atoms in total. The fraction of sp³-hybridized carbons (Fsp3) is 0.417. The summed E-state index contributed by atoms with van der Waals surface area (Å²) in [4.78, 5) is 29.2. The smallest absolute Gasteiger partial charge is 0.225 e. The fourth-order valence-electron chi connectivity index (χ4n) is 4.40. The highest BCUT2D eigenvalue weighted by atomic mass is 35.5. The summed E-state index contributed by atoms with van der Waals surface area (Å²) in [7, 11) is 1.64. The van der Waals surface area contributed by atoms with Crippen molar-refractivity contribution >= 4 is 29.1 Å². The highest BCUT2D eigenvalue weighted by Gasteiger charge is 2.36. The number of likely N-dealkylation sites (tertiary alicyclic amines) is 1. The molecule has 31 heavy (non-hydrogen) atoms. The predicted octanol–water partition coefficient (Wildman–Crippen LogP) is 3.13. The Morgan fingerprint density at radius 2 is 2.00 bits per heavy atom. The van der Waals surface area contributed by atoms with E-state index in [1.807, 2.05) is 35.2 Å². The third-order valence-electron chi connectivity index (χ3n) is 6.11. The number of carbonyl (C=O) groups is 2. The van der Waals surface area contributed by atoms with E-state index in [1.54, 1.807) is 13.2 Å². The third-order valence-corrected chi connectivity index (χ3v) is 6.35. The van der Waals surface area contributed by atoms with Gasteiger partial charge >= 0.3 is 0 Å². The Bertz CT molecular complexity index is 937. The number of amides is 2. The molecule has 2 heterocycles. The summed E-state index contributed by atoms with van der Waals surface area (Å²) in [6.45, 7) is 2.66. The quantitative estimate of drug-likeness (QED) is 0.717. The molecule has 0 saturated carbocycles. The number of hydrogen-bond donors (Lipinski definition) is 1. The van der Waals surface area contributed by atoms with Gasteiger partial charge in [0.1, 0.15) is 5.75 Å². The molecule has 7 heteroatoms. The second-order valence-electron chi connectivity index (χ2n) is 8.23. The maximum atomic E-state index is 12.8. The van der Waals surface area contributed by atoms with Crippen molar-refractivity contribution in [3.63, 3.8) is 0 Å². The van der Waals surface area contributed by atoms with Crippen LogP contribution >= 0.6 is 11.6 Å². The molecule has 0 bridgehead atoms. The summed E-state index contributed by atoms with van der Waals surface area (Å²) in [5, 5.41) is 3.81. The van der Waals surface area contributed by atoms with Crippen LogP contribution < -0.4 is 15.0 Å². The average molecular weight is 442 g/mol. The van der Waals surface area contributed by atoms with Crippen molar-refractivity contribution in [1.29, 1.82) is 0 Å². The lowest BCUT2D eigenvalue weighted by Crippen LogP contribution is -2.41. The first-order valence-corrected chi connectivity index (χ1v) is 11.1. The predicted molar refractivity (Wildman–Crippen MR) is 122 cm³/mol. The Balaban J connectivity index is 1.29. The van der Waals surface area contributed by atoms with Crippen molar-refractivity contribution in [3.8, 4) is 5.75 Å². The molecule has 4 rings (SSSR count). The van der Waals surface area contributed by atoms with Crippen LogP contribution in [-0.4, -0.2) is 56.0 Å². The Labute approximate surface area is 188 Å². The summed E-state index contributed by atoms with van der Waals surface area (Å²) in [5.41, 5.74) is 2.14. The number of ether oxygens (including phenoxy) is 1. The number of halogens is 1. The van der Waals surface area contributed by atoms with Gasteiger partial charge in [0.05, 0.1) is 18.7 Å². The minimum atomic E-state index is -0.280. The molecule has 2 amide bonds. The van der Waals surface area contributed by atoms with E-state index in [0.29, 0.717) is 31.1 Å². The minimum absolute atomic E-state index is 0.0273. The number of nitrogens with one attached hydrogen (secondary N) is 1. The number of carbonyl (C=O) groups excluding carboxylic acids is 2. The van der Waals surface area contributed by atoms with Gasteiger partial charge in [0, 0.05) is 43.7 Å². The zero-order valence-electron chi connectivity index (χ0n) is 17.7. The first-order valence-electron chi connectivity index (χ1n) is 10.7. The Hall–Kier alpha value is -2.73. The van der Waals surface area contributed by atoms with E-state index in [9.17, 15) is 9.59 Å². The van der Waals surface area contributed by atoms with Crippen LogP contribution in [0.5, 0.6) is 5.75 Å². The number of anilines is 1. The van der Waals surface area contributed by atoms with E-state index in [4.69, 9.17) is 16.3 Å². The molecule has 1 N–H and O–H groups in total. The molecule has 0 spiro atoms. The Morgan fingerprint density at radius 1 is 1.19 bits per heavy atom. The third kappa shape index (κ3) is 5.13. The SMILES string of the molecule is COc1ccc(Cl)cc1N1CCC(NC(=O)C2CC(=O)N(CCc3ccccc3)C2)C1. The van der Waals surface area contributed by atoms with Crippen LogP contribution in [0, 0.1) is 5.92 Å². The number of benzene rings is 2. The minimum Gasteiger partial charge on any atom is -0.495 e. The average Bonchev–Trinajstić information content (AvgIpc) is 3.39. The van der Waals surface area contributed by atoms with Gasteiger partial charge in [0.15, 0.2) is 0 Å². The molecule has 2 saturated heterocycles. The normalized spacial score (nSPS) is 20.9. The van der Waals surface area contributed by atoms with Crippen LogP contribution in [0.2, 0.25) is 5.02 Å². The summed E-state index contributed by atoms with van der Waals surface area (Å²) in [6.07, 6.45) is 1.94. The zero-order valence-corrected chi connectivity index (χ0v) is 18.5. The summed E-state index contributed by atoms with van der Waals surface area (Å²) < 4.78 is 5.46. The summed E-state index contributed by atoms with van der Waals surface area (Å²) >= 11 is 6.16. The largest absolute Gasteiger partial charge is 0.495 e. The molecule has 2 unspecified atom stereocenters. The van der Waals surface area contributed by atoms with Gasteiger partial charge in [-0.05, 0) is 36.6 Å². The first-order chi connectivity index (χ1) is 15.0. The van der Waals surface area contributed by atoms with E-state index >= 15 is 0 Å². The van der Waals surface area contributed by atoms with E-state index < -0.39 is 0 Å². The molecular formula is C24H28ClN3O3. The number of hydrogen-bond acceptors (Lipinski definition) is 4. The number of nitrogens with zero attached hydrogens (tertiary/aromatic N) is 2. The van der Waals surface area contributed by atoms with Crippen molar-refractivity contribution < 1.29 is 14.3 Å². The fourth-order valence-corrected chi connectivity index (χ4v) is 4.57. The molecule has 0 radical (unpaired) electrons. The van der Waals surface area contributed by atoms with Gasteiger partial charge in [-0.2, -0.15) is 0 Å². The van der Waals surface area contributed by atoms with Crippen LogP contribution in [0.3, 0.4) is 0 Å². The molecule has 2 aliphatic heterocycles. The van der Waals surface area contributed by atoms with E-state index in [-0.39, 0.29) is 23.8 Å². The van der Waals surface area contributed by atoms with Crippen molar-refractivity contribution in [3.05, 3.63) is 59.1 Å². The molecule has 2 aliphatic rings. The second-order valence-corrected chi connectivity index (χ2v) is 8.67. The standard InChI is InChI=1S/C24H28ClN3O3/c1-31-22-8-7-19(25)14-21(22)27-12-10-20(16-27)26-24(30)18-13-23(29)28(15-18)11-9-17-5-3-2-4-6-17/h2-8,14,18,20H,9-13,15-16H2,1H3,(H,26,30). The highest BCUT2D eigenvalue weighted by molar-refractivity contribution is 6.30. The second kappa shape index (κ2) is 9.60. The molecular weight excluding hydrogens is 414 g/mol. The van der Waals surface area contributed by atoms with Crippen molar-refractivity contribution in [1.82, 2.24) is 10.2 Å². The molecule has 0 aliphatic carbocycles. The number of rotatable bonds is 7. The van der Waals surface area contributed by atoms with Gasteiger partial charge in [0.25, 0.3) is 0 Å². The molecule has 0 aromatic heterocycles. The molecule has 2 fully saturated rings. The van der Waals surface area contributed by atoms with Gasteiger partial charge in [0.2, 0.25) is 11.8 Å². The number of methoxy groups -OCH3 is 1. The van der Waals surface area contributed by atoms with Crippen LogP contribution in [-0.2, 0) is 16.0 Å². The molecule has 2 aromatic rings. The van der Waals surface area contributed by atoms with Crippen molar-refractivity contribution in [2.24, 2.45) is 5.92 Å². The topological polar surface area (TPSA) is 61.9 Å². The van der Waals surface area contributed by atoms with Gasteiger partial charge in [-0.25, -0.2) is 0 Å². The highest BCUT2D eigenvalue weighted by Crippen LogP contribution is 2.33. The van der Waals surface area contributed by atoms with Crippen molar-refractivity contribution in [2.45, 2.75) is 25.3 Å². The zero-order chi connectivity index (χ0) is 21.8. The Morgan fingerprint density at radius 3 is 2.77 bits per heavy atom. The van der Waals surface area contributed by atoms with Crippen LogP contribution in [0.15, 0.2) is 48.5 Å².